The average Bonchev–Trinajstić information content (AvgIpc) is 2.93. The van der Waals surface area contributed by atoms with Crippen LogP contribution >= 0.6 is 0 Å². The first-order valence-corrected chi connectivity index (χ1v) is 5.11. The standard InChI is InChI=1S/C11H12N4/c12-10-6-9(8-2-1-5-13-8)14-11(15-10)7-3-4-7/h1-2,5-7,13H,3-4H2,(H2,12,14,15). The Bertz CT molecular complexity index is 471. The Morgan fingerprint density at radius 2 is 2.20 bits per heavy atom. The number of aromatic amines is 1. The number of hydrogen-bond acceptors (Lipinski definition) is 3. The van der Waals surface area contributed by atoms with Crippen molar-refractivity contribution in [2.45, 2.75) is 18.8 Å². The van der Waals surface area contributed by atoms with Crippen LogP contribution in [-0.2, 0) is 0 Å². The molecule has 0 saturated heterocycles. The highest BCUT2D eigenvalue weighted by atomic mass is 15.0. The molecule has 0 aromatic carbocycles. The normalized spacial score (nSPS) is 15.5. The van der Waals surface area contributed by atoms with Crippen molar-refractivity contribution in [3.8, 4) is 11.4 Å². The molecule has 0 bridgehead atoms. The summed E-state index contributed by atoms with van der Waals surface area (Å²) in [5.41, 5.74) is 7.64. The molecule has 1 fully saturated rings. The molecule has 3 N–H and O–H groups in total. The Morgan fingerprint density at radius 1 is 1.33 bits per heavy atom. The fraction of sp³-hybridized carbons (Fsp3) is 0.273. The smallest absolute Gasteiger partial charge is 0.134 e. The number of nitrogens with zero attached hydrogens (tertiary/aromatic N) is 2. The van der Waals surface area contributed by atoms with Crippen LogP contribution in [0.2, 0.25) is 0 Å². The second-order valence-corrected chi connectivity index (χ2v) is 3.89. The van der Waals surface area contributed by atoms with E-state index in [9.17, 15) is 0 Å². The van der Waals surface area contributed by atoms with E-state index in [0.29, 0.717) is 11.7 Å². The minimum Gasteiger partial charge on any atom is -0.384 e. The third kappa shape index (κ3) is 1.58. The summed E-state index contributed by atoms with van der Waals surface area (Å²) < 4.78 is 0. The van der Waals surface area contributed by atoms with Crippen molar-refractivity contribution in [2.75, 3.05) is 5.73 Å². The van der Waals surface area contributed by atoms with Crippen LogP contribution in [0.25, 0.3) is 11.4 Å². The zero-order chi connectivity index (χ0) is 10.3. The average molecular weight is 200 g/mol. The third-order valence-corrected chi connectivity index (χ3v) is 2.58. The Morgan fingerprint density at radius 3 is 2.87 bits per heavy atom. The van der Waals surface area contributed by atoms with E-state index in [1.54, 1.807) is 6.07 Å². The van der Waals surface area contributed by atoms with E-state index in [2.05, 4.69) is 15.0 Å². The fourth-order valence-corrected chi connectivity index (χ4v) is 1.64. The van der Waals surface area contributed by atoms with Crippen molar-refractivity contribution < 1.29 is 0 Å². The molecule has 1 aliphatic carbocycles. The maximum absolute atomic E-state index is 5.77. The monoisotopic (exact) mass is 200 g/mol. The van der Waals surface area contributed by atoms with Gasteiger partial charge in [-0.1, -0.05) is 0 Å². The highest BCUT2D eigenvalue weighted by Crippen LogP contribution is 2.38. The van der Waals surface area contributed by atoms with E-state index in [1.807, 2.05) is 18.3 Å². The Hall–Kier alpha value is -1.84. The van der Waals surface area contributed by atoms with Crippen molar-refractivity contribution in [1.29, 1.82) is 0 Å². The summed E-state index contributed by atoms with van der Waals surface area (Å²) >= 11 is 0. The summed E-state index contributed by atoms with van der Waals surface area (Å²) in [5.74, 6) is 1.97. The van der Waals surface area contributed by atoms with Gasteiger partial charge in [0.05, 0.1) is 11.4 Å². The number of H-pyrrole nitrogens is 1. The highest BCUT2D eigenvalue weighted by Gasteiger charge is 2.27. The van der Waals surface area contributed by atoms with Crippen LogP contribution in [0, 0.1) is 0 Å². The van der Waals surface area contributed by atoms with Crippen LogP contribution in [-0.4, -0.2) is 15.0 Å². The van der Waals surface area contributed by atoms with Crippen molar-refractivity contribution >= 4 is 5.82 Å². The van der Waals surface area contributed by atoms with Crippen LogP contribution in [0.3, 0.4) is 0 Å². The summed E-state index contributed by atoms with van der Waals surface area (Å²) in [5, 5.41) is 0. The second-order valence-electron chi connectivity index (χ2n) is 3.89. The number of hydrogen-bond donors (Lipinski definition) is 2. The predicted octanol–water partition coefficient (Wildman–Crippen LogP) is 1.93. The number of nitrogens with one attached hydrogen (secondary N) is 1. The van der Waals surface area contributed by atoms with E-state index in [-0.39, 0.29) is 0 Å². The van der Waals surface area contributed by atoms with Gasteiger partial charge < -0.3 is 10.7 Å². The number of anilines is 1. The van der Waals surface area contributed by atoms with Crippen LogP contribution in [0.4, 0.5) is 5.82 Å². The molecule has 1 aliphatic rings. The zero-order valence-electron chi connectivity index (χ0n) is 8.27. The van der Waals surface area contributed by atoms with Crippen molar-refractivity contribution in [1.82, 2.24) is 15.0 Å². The van der Waals surface area contributed by atoms with Crippen LogP contribution < -0.4 is 5.73 Å². The summed E-state index contributed by atoms with van der Waals surface area (Å²) in [4.78, 5) is 11.9. The van der Waals surface area contributed by atoms with E-state index in [4.69, 9.17) is 5.73 Å². The van der Waals surface area contributed by atoms with Gasteiger partial charge in [-0.3, -0.25) is 0 Å². The molecule has 0 unspecified atom stereocenters. The minimum atomic E-state index is 0.530. The molecular weight excluding hydrogens is 188 g/mol. The minimum absolute atomic E-state index is 0.530. The van der Waals surface area contributed by atoms with Gasteiger partial charge in [0.2, 0.25) is 0 Å². The van der Waals surface area contributed by atoms with Gasteiger partial charge in [-0.05, 0) is 25.0 Å². The summed E-state index contributed by atoms with van der Waals surface area (Å²) in [6, 6.07) is 5.74. The summed E-state index contributed by atoms with van der Waals surface area (Å²) in [7, 11) is 0. The predicted molar refractivity (Wildman–Crippen MR) is 58.2 cm³/mol. The molecular formula is C11H12N4. The molecule has 4 heteroatoms. The van der Waals surface area contributed by atoms with Gasteiger partial charge in [-0.15, -0.1) is 0 Å². The lowest BCUT2D eigenvalue weighted by Gasteiger charge is -2.03. The van der Waals surface area contributed by atoms with Crippen LogP contribution in [0.1, 0.15) is 24.6 Å². The lowest BCUT2D eigenvalue weighted by atomic mass is 10.2. The molecule has 0 spiro atoms. The number of rotatable bonds is 2. The molecule has 0 aliphatic heterocycles. The third-order valence-electron chi connectivity index (χ3n) is 2.58. The number of nitrogen functional groups attached to an aromatic ring is 1. The van der Waals surface area contributed by atoms with Crippen molar-refractivity contribution in [2.24, 2.45) is 0 Å². The van der Waals surface area contributed by atoms with Gasteiger partial charge in [0.1, 0.15) is 11.6 Å². The van der Waals surface area contributed by atoms with E-state index >= 15 is 0 Å². The largest absolute Gasteiger partial charge is 0.384 e. The Kier molecular flexibility index (Phi) is 1.74. The second kappa shape index (κ2) is 3.08. The van der Waals surface area contributed by atoms with Gasteiger partial charge in [-0.25, -0.2) is 9.97 Å². The SMILES string of the molecule is Nc1cc(-c2ccc[nH]2)nc(C2CC2)n1. The van der Waals surface area contributed by atoms with Gasteiger partial charge in [0.25, 0.3) is 0 Å². The molecule has 0 amide bonds. The van der Waals surface area contributed by atoms with E-state index in [0.717, 1.165) is 17.2 Å². The molecule has 1 saturated carbocycles. The van der Waals surface area contributed by atoms with Crippen molar-refractivity contribution in [3.05, 3.63) is 30.2 Å². The van der Waals surface area contributed by atoms with E-state index in [1.165, 1.54) is 12.8 Å². The van der Waals surface area contributed by atoms with Gasteiger partial charge in [0.15, 0.2) is 0 Å². The Labute approximate surface area is 87.6 Å². The van der Waals surface area contributed by atoms with Crippen LogP contribution in [0.15, 0.2) is 24.4 Å². The molecule has 2 aromatic heterocycles. The topological polar surface area (TPSA) is 67.6 Å². The first-order chi connectivity index (χ1) is 7.33. The summed E-state index contributed by atoms with van der Waals surface area (Å²) in [6.45, 7) is 0. The number of nitrogens with two attached hydrogens (primary N) is 1. The molecule has 15 heavy (non-hydrogen) atoms. The summed E-state index contributed by atoms with van der Waals surface area (Å²) in [6.07, 6.45) is 4.26. The maximum Gasteiger partial charge on any atom is 0.134 e. The molecule has 0 atom stereocenters. The van der Waals surface area contributed by atoms with Crippen LogP contribution in [0.5, 0.6) is 0 Å². The Balaban J connectivity index is 2.07. The number of aromatic nitrogens is 3. The fourth-order valence-electron chi connectivity index (χ4n) is 1.64. The molecule has 4 nitrogen and oxygen atoms in total. The zero-order valence-corrected chi connectivity index (χ0v) is 8.27. The molecule has 2 aromatic rings. The highest BCUT2D eigenvalue weighted by molar-refractivity contribution is 5.57. The van der Waals surface area contributed by atoms with Gasteiger partial charge >= 0.3 is 0 Å². The molecule has 2 heterocycles. The molecule has 0 radical (unpaired) electrons. The molecule has 3 rings (SSSR count). The lowest BCUT2D eigenvalue weighted by Crippen LogP contribution is -2.00. The lowest BCUT2D eigenvalue weighted by molar-refractivity contribution is 0.934. The van der Waals surface area contributed by atoms with Gasteiger partial charge in [-0.2, -0.15) is 0 Å². The first-order valence-electron chi connectivity index (χ1n) is 5.11. The quantitative estimate of drug-likeness (QED) is 0.778. The first kappa shape index (κ1) is 8.47. The van der Waals surface area contributed by atoms with E-state index < -0.39 is 0 Å². The molecule has 76 valence electrons. The maximum atomic E-state index is 5.77. The van der Waals surface area contributed by atoms with Crippen molar-refractivity contribution in [3.63, 3.8) is 0 Å². The van der Waals surface area contributed by atoms with Gasteiger partial charge in [0, 0.05) is 18.2 Å².